The number of rotatable bonds is 7. The highest BCUT2D eigenvalue weighted by atomic mass is 16.5. The fraction of sp³-hybridized carbons (Fsp3) is 0.360. The Bertz CT molecular complexity index is 831. The summed E-state index contributed by atoms with van der Waals surface area (Å²) in [6.07, 6.45) is 9.88. The molecule has 4 nitrogen and oxygen atoms in total. The van der Waals surface area contributed by atoms with Gasteiger partial charge in [-0.1, -0.05) is 55.1 Å². The van der Waals surface area contributed by atoms with Crippen LogP contribution in [-0.4, -0.2) is 36.4 Å². The Morgan fingerprint density at radius 2 is 1.55 bits per heavy atom. The van der Waals surface area contributed by atoms with Crippen LogP contribution in [-0.2, 0) is 22.6 Å². The Morgan fingerprint density at radius 3 is 2.14 bits per heavy atom. The van der Waals surface area contributed by atoms with E-state index in [-0.39, 0.29) is 0 Å². The van der Waals surface area contributed by atoms with Gasteiger partial charge in [0.2, 0.25) is 0 Å². The van der Waals surface area contributed by atoms with Crippen molar-refractivity contribution in [1.82, 2.24) is 9.80 Å². The molecule has 2 aliphatic rings. The summed E-state index contributed by atoms with van der Waals surface area (Å²) in [4.78, 5) is 4.63. The second kappa shape index (κ2) is 10.3. The van der Waals surface area contributed by atoms with Crippen LogP contribution >= 0.6 is 0 Å². The molecule has 0 spiro atoms. The largest absolute Gasteiger partial charge is 0.482 e. The predicted molar refractivity (Wildman–Crippen MR) is 119 cm³/mol. The molecule has 4 heteroatoms. The normalized spacial score (nSPS) is 19.1. The minimum absolute atomic E-state index is 0.612. The third-order valence-corrected chi connectivity index (χ3v) is 5.18. The van der Waals surface area contributed by atoms with Gasteiger partial charge in [-0.2, -0.15) is 0 Å². The van der Waals surface area contributed by atoms with E-state index in [9.17, 15) is 0 Å². The Kier molecular flexibility index (Phi) is 7.50. The van der Waals surface area contributed by atoms with E-state index >= 15 is 0 Å². The number of hydrogen-bond acceptors (Lipinski definition) is 4. The number of nitrogens with zero attached hydrogens (tertiary/aromatic N) is 2. The summed E-state index contributed by atoms with van der Waals surface area (Å²) in [5.74, 6) is 1.99. The number of allylic oxidation sites excluding steroid dienone is 5. The first-order valence-electron chi connectivity index (χ1n) is 10.2. The van der Waals surface area contributed by atoms with E-state index in [1.165, 1.54) is 22.3 Å². The zero-order valence-electron chi connectivity index (χ0n) is 17.9. The first kappa shape index (κ1) is 21.2. The second-order valence-electron chi connectivity index (χ2n) is 7.66. The van der Waals surface area contributed by atoms with Gasteiger partial charge in [0.05, 0.1) is 5.76 Å². The van der Waals surface area contributed by atoms with Crippen LogP contribution in [0.4, 0.5) is 0 Å². The SMILES string of the molecule is C=C/C=C\C1=C(C)CN(Cc2ccc(CN3COC(C)=C(/C=C\C)C3)cc2)CO1. The molecule has 1 aromatic carbocycles. The molecule has 2 aliphatic heterocycles. The predicted octanol–water partition coefficient (Wildman–Crippen LogP) is 5.13. The second-order valence-corrected chi connectivity index (χ2v) is 7.66. The molecule has 0 saturated heterocycles. The molecule has 29 heavy (non-hydrogen) atoms. The highest BCUT2D eigenvalue weighted by Crippen LogP contribution is 2.20. The number of hydrogen-bond donors (Lipinski definition) is 0. The molecule has 0 fully saturated rings. The zero-order valence-corrected chi connectivity index (χ0v) is 17.9. The summed E-state index contributed by atoms with van der Waals surface area (Å²) >= 11 is 0. The van der Waals surface area contributed by atoms with Crippen LogP contribution in [0.1, 0.15) is 31.9 Å². The Balaban J connectivity index is 1.54. The monoisotopic (exact) mass is 392 g/mol. The fourth-order valence-corrected chi connectivity index (χ4v) is 3.61. The third kappa shape index (κ3) is 5.96. The molecule has 0 unspecified atom stereocenters. The summed E-state index contributed by atoms with van der Waals surface area (Å²) in [5.41, 5.74) is 5.11. The van der Waals surface area contributed by atoms with Crippen LogP contribution in [0.2, 0.25) is 0 Å². The van der Waals surface area contributed by atoms with Crippen LogP contribution in [0.3, 0.4) is 0 Å². The topological polar surface area (TPSA) is 24.9 Å². The van der Waals surface area contributed by atoms with Gasteiger partial charge in [-0.05, 0) is 43.5 Å². The molecule has 0 amide bonds. The average molecular weight is 393 g/mol. The van der Waals surface area contributed by atoms with Crippen molar-refractivity contribution >= 4 is 0 Å². The van der Waals surface area contributed by atoms with E-state index in [4.69, 9.17) is 9.47 Å². The lowest BCUT2D eigenvalue weighted by molar-refractivity contribution is 0.0537. The first-order valence-corrected chi connectivity index (χ1v) is 10.2. The van der Waals surface area contributed by atoms with Gasteiger partial charge < -0.3 is 9.47 Å². The molecular weight excluding hydrogens is 360 g/mol. The standard InChI is InChI=1S/C25H32N2O2/c1-5-7-9-25-20(3)14-26(19-29-25)15-22-10-12-23(13-11-22)16-27-17-24(8-6-2)21(4)28-18-27/h5-13H,1,14-19H2,2-4H3/b8-6-,9-7-. The van der Waals surface area contributed by atoms with E-state index < -0.39 is 0 Å². The highest BCUT2D eigenvalue weighted by molar-refractivity contribution is 5.27. The van der Waals surface area contributed by atoms with Gasteiger partial charge in [0.15, 0.2) is 0 Å². The van der Waals surface area contributed by atoms with Gasteiger partial charge in [-0.3, -0.25) is 9.80 Å². The van der Waals surface area contributed by atoms with Crippen LogP contribution in [0, 0.1) is 0 Å². The molecule has 154 valence electrons. The zero-order chi connectivity index (χ0) is 20.6. The summed E-state index contributed by atoms with van der Waals surface area (Å²) in [5, 5.41) is 0. The van der Waals surface area contributed by atoms with Crippen molar-refractivity contribution in [3.63, 3.8) is 0 Å². The molecule has 0 radical (unpaired) electrons. The lowest BCUT2D eigenvalue weighted by Crippen LogP contribution is -2.32. The maximum atomic E-state index is 5.88. The van der Waals surface area contributed by atoms with E-state index in [1.54, 1.807) is 6.08 Å². The van der Waals surface area contributed by atoms with Crippen LogP contribution < -0.4 is 0 Å². The summed E-state index contributed by atoms with van der Waals surface area (Å²) in [7, 11) is 0. The maximum Gasteiger partial charge on any atom is 0.142 e. The minimum Gasteiger partial charge on any atom is -0.482 e. The molecule has 0 aliphatic carbocycles. The fourth-order valence-electron chi connectivity index (χ4n) is 3.61. The molecule has 0 N–H and O–H groups in total. The summed E-state index contributed by atoms with van der Waals surface area (Å²) in [6, 6.07) is 8.89. The smallest absolute Gasteiger partial charge is 0.142 e. The van der Waals surface area contributed by atoms with Gasteiger partial charge in [-0.15, -0.1) is 0 Å². The van der Waals surface area contributed by atoms with Gasteiger partial charge >= 0.3 is 0 Å². The quantitative estimate of drug-likeness (QED) is 0.601. The van der Waals surface area contributed by atoms with Crippen LogP contribution in [0.25, 0.3) is 0 Å². The van der Waals surface area contributed by atoms with Gasteiger partial charge in [-0.25, -0.2) is 0 Å². The van der Waals surface area contributed by atoms with E-state index in [0.29, 0.717) is 13.5 Å². The van der Waals surface area contributed by atoms with Crippen molar-refractivity contribution in [3.05, 3.63) is 95.0 Å². The third-order valence-electron chi connectivity index (χ3n) is 5.18. The Morgan fingerprint density at radius 1 is 0.931 bits per heavy atom. The van der Waals surface area contributed by atoms with Crippen LogP contribution in [0.15, 0.2) is 83.9 Å². The van der Waals surface area contributed by atoms with Crippen molar-refractivity contribution in [3.8, 4) is 0 Å². The van der Waals surface area contributed by atoms with Crippen molar-refractivity contribution in [2.45, 2.75) is 33.9 Å². The van der Waals surface area contributed by atoms with Crippen molar-refractivity contribution in [2.24, 2.45) is 0 Å². The molecule has 2 heterocycles. The van der Waals surface area contributed by atoms with Crippen LogP contribution in [0.5, 0.6) is 0 Å². The Labute approximate surface area is 175 Å². The van der Waals surface area contributed by atoms with Crippen molar-refractivity contribution in [2.75, 3.05) is 26.6 Å². The molecule has 0 saturated carbocycles. The van der Waals surface area contributed by atoms with Gasteiger partial charge in [0, 0.05) is 31.8 Å². The lowest BCUT2D eigenvalue weighted by atomic mass is 10.1. The highest BCUT2D eigenvalue weighted by Gasteiger charge is 2.17. The first-order chi connectivity index (χ1) is 14.1. The maximum absolute atomic E-state index is 5.88. The molecular formula is C25H32N2O2. The summed E-state index contributed by atoms with van der Waals surface area (Å²) < 4.78 is 11.7. The minimum atomic E-state index is 0.612. The number of benzene rings is 1. The Hall–Kier alpha value is -2.56. The van der Waals surface area contributed by atoms with Gasteiger partial charge in [0.25, 0.3) is 0 Å². The van der Waals surface area contributed by atoms with E-state index in [2.05, 4.69) is 59.7 Å². The average Bonchev–Trinajstić information content (AvgIpc) is 2.71. The van der Waals surface area contributed by atoms with E-state index in [1.807, 2.05) is 26.0 Å². The van der Waals surface area contributed by atoms with E-state index in [0.717, 1.165) is 37.7 Å². The molecule has 3 rings (SSSR count). The molecule has 0 atom stereocenters. The lowest BCUT2D eigenvalue weighted by Gasteiger charge is -2.30. The molecule has 1 aromatic rings. The molecule has 0 aromatic heterocycles. The van der Waals surface area contributed by atoms with Gasteiger partial charge in [0.1, 0.15) is 19.2 Å². The molecule has 0 bridgehead atoms. The number of ether oxygens (including phenoxy) is 2. The van der Waals surface area contributed by atoms with Crippen molar-refractivity contribution in [1.29, 1.82) is 0 Å². The summed E-state index contributed by atoms with van der Waals surface area (Å²) in [6.45, 7) is 14.8. The van der Waals surface area contributed by atoms with Crippen molar-refractivity contribution < 1.29 is 9.47 Å².